The van der Waals surface area contributed by atoms with E-state index in [-0.39, 0.29) is 5.69 Å². The highest BCUT2D eigenvalue weighted by Crippen LogP contribution is 2.16. The highest BCUT2D eigenvalue weighted by molar-refractivity contribution is 6.02. The number of carbonyl (C=O) groups excluding carboxylic acids is 1. The van der Waals surface area contributed by atoms with Gasteiger partial charge in [-0.15, -0.1) is 0 Å². The van der Waals surface area contributed by atoms with Crippen molar-refractivity contribution in [1.29, 1.82) is 0 Å². The van der Waals surface area contributed by atoms with E-state index in [0.717, 1.165) is 5.56 Å². The first-order valence-electron chi connectivity index (χ1n) is 6.06. The Bertz CT molecular complexity index is 665. The molecular formula is C16H13F2NO. The second-order valence-corrected chi connectivity index (χ2v) is 4.33. The van der Waals surface area contributed by atoms with Crippen molar-refractivity contribution in [2.24, 2.45) is 0 Å². The van der Waals surface area contributed by atoms with Crippen LogP contribution in [0.4, 0.5) is 14.5 Å². The monoisotopic (exact) mass is 273 g/mol. The first kappa shape index (κ1) is 13.9. The lowest BCUT2D eigenvalue weighted by atomic mass is 10.2. The quantitative estimate of drug-likeness (QED) is 0.844. The predicted molar refractivity (Wildman–Crippen MR) is 75.2 cm³/mol. The number of amides is 1. The van der Waals surface area contributed by atoms with Crippen LogP contribution in [0.25, 0.3) is 6.08 Å². The summed E-state index contributed by atoms with van der Waals surface area (Å²) in [6.07, 6.45) is 2.51. The molecule has 4 heteroatoms. The lowest BCUT2D eigenvalue weighted by Crippen LogP contribution is -2.09. The lowest BCUT2D eigenvalue weighted by molar-refractivity contribution is -0.111. The van der Waals surface area contributed by atoms with Crippen LogP contribution in [0.1, 0.15) is 11.1 Å². The van der Waals surface area contributed by atoms with Crippen LogP contribution in [-0.4, -0.2) is 5.91 Å². The van der Waals surface area contributed by atoms with Crippen LogP contribution in [0.3, 0.4) is 0 Å². The molecule has 0 heterocycles. The van der Waals surface area contributed by atoms with Crippen LogP contribution in [0, 0.1) is 18.6 Å². The fourth-order valence-corrected chi connectivity index (χ4v) is 1.69. The Balaban J connectivity index is 2.10. The highest BCUT2D eigenvalue weighted by atomic mass is 19.1. The Hall–Kier alpha value is -2.49. The molecule has 2 rings (SSSR count). The molecule has 0 aromatic heterocycles. The van der Waals surface area contributed by atoms with Crippen molar-refractivity contribution in [1.82, 2.24) is 0 Å². The van der Waals surface area contributed by atoms with Crippen molar-refractivity contribution in [3.8, 4) is 0 Å². The van der Waals surface area contributed by atoms with Crippen molar-refractivity contribution in [2.75, 3.05) is 5.32 Å². The van der Waals surface area contributed by atoms with E-state index in [9.17, 15) is 13.6 Å². The number of hydrogen-bond donors (Lipinski definition) is 1. The maximum atomic E-state index is 13.5. The summed E-state index contributed by atoms with van der Waals surface area (Å²) < 4.78 is 26.8. The first-order valence-corrected chi connectivity index (χ1v) is 6.06. The smallest absolute Gasteiger partial charge is 0.248 e. The second kappa shape index (κ2) is 6.10. The van der Waals surface area contributed by atoms with Gasteiger partial charge in [-0.1, -0.05) is 24.3 Å². The minimum absolute atomic E-state index is 0.105. The van der Waals surface area contributed by atoms with Gasteiger partial charge >= 0.3 is 0 Å². The van der Waals surface area contributed by atoms with Crippen LogP contribution in [0.5, 0.6) is 0 Å². The van der Waals surface area contributed by atoms with Gasteiger partial charge in [0.1, 0.15) is 11.6 Å². The third-order valence-corrected chi connectivity index (χ3v) is 2.70. The average Bonchev–Trinajstić information content (AvgIpc) is 2.42. The summed E-state index contributed by atoms with van der Waals surface area (Å²) >= 11 is 0. The van der Waals surface area contributed by atoms with Gasteiger partial charge in [0.2, 0.25) is 5.91 Å². The zero-order valence-electron chi connectivity index (χ0n) is 10.9. The average molecular weight is 273 g/mol. The third-order valence-electron chi connectivity index (χ3n) is 2.70. The minimum atomic E-state index is -0.516. The molecule has 0 unspecified atom stereocenters. The van der Waals surface area contributed by atoms with Crippen molar-refractivity contribution in [2.45, 2.75) is 6.92 Å². The summed E-state index contributed by atoms with van der Waals surface area (Å²) in [5.74, 6) is -1.45. The number of carbonyl (C=O) groups is 1. The standard InChI is InChI=1S/C16H13F2NO/c1-11-6-8-14(18)15(10-11)19-16(20)9-7-12-4-2-3-5-13(12)17/h2-10H,1H3,(H,19,20)/b9-7+. The van der Waals surface area contributed by atoms with E-state index in [2.05, 4.69) is 5.32 Å². The number of aryl methyl sites for hydroxylation is 1. The topological polar surface area (TPSA) is 29.1 Å². The second-order valence-electron chi connectivity index (χ2n) is 4.33. The minimum Gasteiger partial charge on any atom is -0.320 e. The maximum Gasteiger partial charge on any atom is 0.248 e. The summed E-state index contributed by atoms with van der Waals surface area (Å²) in [5.41, 5.74) is 1.24. The molecule has 0 spiro atoms. The van der Waals surface area contributed by atoms with Crippen molar-refractivity contribution in [3.05, 3.63) is 71.3 Å². The van der Waals surface area contributed by atoms with Gasteiger partial charge in [0.25, 0.3) is 0 Å². The molecule has 1 amide bonds. The summed E-state index contributed by atoms with van der Waals surface area (Å²) in [7, 11) is 0. The highest BCUT2D eigenvalue weighted by Gasteiger charge is 2.05. The molecular weight excluding hydrogens is 260 g/mol. The molecule has 0 aliphatic rings. The van der Waals surface area contributed by atoms with Gasteiger partial charge in [-0.3, -0.25) is 4.79 Å². The Labute approximate surface area is 115 Å². The molecule has 2 aromatic carbocycles. The Morgan fingerprint density at radius 1 is 1.10 bits per heavy atom. The number of nitrogens with one attached hydrogen (secondary N) is 1. The van der Waals surface area contributed by atoms with E-state index in [0.29, 0.717) is 5.56 Å². The number of anilines is 1. The van der Waals surface area contributed by atoms with Crippen molar-refractivity contribution < 1.29 is 13.6 Å². The van der Waals surface area contributed by atoms with Gasteiger partial charge in [-0.05, 0) is 36.8 Å². The molecule has 0 saturated carbocycles. The molecule has 2 aromatic rings. The van der Waals surface area contributed by atoms with E-state index >= 15 is 0 Å². The zero-order chi connectivity index (χ0) is 14.5. The van der Waals surface area contributed by atoms with Gasteiger partial charge in [0.15, 0.2) is 0 Å². The van der Waals surface area contributed by atoms with Crippen LogP contribution in [0.15, 0.2) is 48.5 Å². The number of halogens is 2. The molecule has 0 bridgehead atoms. The molecule has 0 radical (unpaired) electrons. The molecule has 102 valence electrons. The van der Waals surface area contributed by atoms with Gasteiger partial charge in [-0.25, -0.2) is 8.78 Å². The van der Waals surface area contributed by atoms with Gasteiger partial charge in [0, 0.05) is 11.6 Å². The van der Waals surface area contributed by atoms with Crippen LogP contribution in [-0.2, 0) is 4.79 Å². The normalized spacial score (nSPS) is 10.8. The van der Waals surface area contributed by atoms with Crippen molar-refractivity contribution >= 4 is 17.7 Å². The molecule has 0 fully saturated rings. The molecule has 1 N–H and O–H groups in total. The third kappa shape index (κ3) is 3.51. The fraction of sp³-hybridized carbons (Fsp3) is 0.0625. The number of rotatable bonds is 3. The summed E-state index contributed by atoms with van der Waals surface area (Å²) in [6.45, 7) is 1.80. The SMILES string of the molecule is Cc1ccc(F)c(NC(=O)/C=C/c2ccccc2F)c1. The van der Waals surface area contributed by atoms with Gasteiger partial charge in [0.05, 0.1) is 5.69 Å². The van der Waals surface area contributed by atoms with Crippen LogP contribution < -0.4 is 5.32 Å². The fourth-order valence-electron chi connectivity index (χ4n) is 1.69. The number of hydrogen-bond acceptors (Lipinski definition) is 1. The summed E-state index contributed by atoms with van der Waals surface area (Å²) in [5, 5.41) is 2.42. The van der Waals surface area contributed by atoms with E-state index in [1.165, 1.54) is 30.4 Å². The molecule has 0 saturated heterocycles. The van der Waals surface area contributed by atoms with Gasteiger partial charge in [-0.2, -0.15) is 0 Å². The lowest BCUT2D eigenvalue weighted by Gasteiger charge is -2.04. The van der Waals surface area contributed by atoms with Gasteiger partial charge < -0.3 is 5.32 Å². The molecule has 0 atom stereocenters. The Kier molecular flexibility index (Phi) is 4.25. The summed E-state index contributed by atoms with van der Waals surface area (Å²) in [4.78, 5) is 11.7. The Morgan fingerprint density at radius 3 is 2.60 bits per heavy atom. The maximum absolute atomic E-state index is 13.5. The largest absolute Gasteiger partial charge is 0.320 e. The molecule has 0 aliphatic carbocycles. The van der Waals surface area contributed by atoms with E-state index in [1.54, 1.807) is 31.2 Å². The zero-order valence-corrected chi connectivity index (χ0v) is 10.9. The van der Waals surface area contributed by atoms with E-state index in [4.69, 9.17) is 0 Å². The first-order chi connectivity index (χ1) is 9.56. The molecule has 2 nitrogen and oxygen atoms in total. The summed E-state index contributed by atoms with van der Waals surface area (Å²) in [6, 6.07) is 10.5. The Morgan fingerprint density at radius 2 is 1.85 bits per heavy atom. The van der Waals surface area contributed by atoms with Crippen LogP contribution >= 0.6 is 0 Å². The van der Waals surface area contributed by atoms with E-state index < -0.39 is 17.5 Å². The van der Waals surface area contributed by atoms with Crippen molar-refractivity contribution in [3.63, 3.8) is 0 Å². The van der Waals surface area contributed by atoms with Crippen LogP contribution in [0.2, 0.25) is 0 Å². The van der Waals surface area contributed by atoms with E-state index in [1.807, 2.05) is 0 Å². The predicted octanol–water partition coefficient (Wildman–Crippen LogP) is 3.93. The molecule has 20 heavy (non-hydrogen) atoms. The number of benzene rings is 2. The molecule has 0 aliphatic heterocycles.